The molecule has 0 spiro atoms. The van der Waals surface area contributed by atoms with Gasteiger partial charge in [-0.2, -0.15) is 0 Å². The molecular weight excluding hydrogens is 286 g/mol. The van der Waals surface area contributed by atoms with Crippen LogP contribution in [0.25, 0.3) is 0 Å². The number of carboxylic acid groups (broad SMARTS) is 1. The number of carboxylic acids is 1. The Labute approximate surface area is 108 Å². The van der Waals surface area contributed by atoms with Crippen LogP contribution in [0.15, 0.2) is 24.3 Å². The van der Waals surface area contributed by atoms with Crippen LogP contribution in [0.3, 0.4) is 0 Å². The van der Waals surface area contributed by atoms with E-state index in [1.54, 1.807) is 12.1 Å². The maximum Gasteiger partial charge on any atom is 0.335 e. The Morgan fingerprint density at radius 2 is 1.76 bits per heavy atom. The lowest BCUT2D eigenvalue weighted by molar-refractivity contribution is -0.116. The van der Waals surface area contributed by atoms with Crippen LogP contribution in [0.4, 0.5) is 5.69 Å². The van der Waals surface area contributed by atoms with Crippen LogP contribution in [-0.2, 0) is 4.79 Å². The van der Waals surface area contributed by atoms with Crippen molar-refractivity contribution in [2.45, 2.75) is 18.7 Å². The summed E-state index contributed by atoms with van der Waals surface area (Å²) in [7, 11) is 0. The molecule has 0 aliphatic heterocycles. The number of aromatic carboxylic acids is 1. The largest absolute Gasteiger partial charge is 0.478 e. The predicted octanol–water partition coefficient (Wildman–Crippen LogP) is 2.74. The first kappa shape index (κ1) is 13.7. The van der Waals surface area contributed by atoms with Gasteiger partial charge in [-0.25, -0.2) is 4.79 Å². The highest BCUT2D eigenvalue weighted by Gasteiger charge is 2.18. The summed E-state index contributed by atoms with van der Waals surface area (Å²) in [6.07, 6.45) is 0. The van der Waals surface area contributed by atoms with Gasteiger partial charge in [-0.3, -0.25) is 4.79 Å². The number of nitrogens with one attached hydrogen (secondary N) is 1. The smallest absolute Gasteiger partial charge is 0.335 e. The Morgan fingerprint density at radius 1 is 1.24 bits per heavy atom. The van der Waals surface area contributed by atoms with Crippen LogP contribution in [0.5, 0.6) is 0 Å². The normalized spacial score (nSPS) is 12.2. The summed E-state index contributed by atoms with van der Waals surface area (Å²) in [5.74, 6) is -0.931. The summed E-state index contributed by atoms with van der Waals surface area (Å²) in [6.45, 7) is 3.87. The van der Waals surface area contributed by atoms with Crippen LogP contribution in [0.2, 0.25) is 0 Å². The molecule has 1 aromatic rings. The summed E-state index contributed by atoms with van der Waals surface area (Å²) in [4.78, 5) is 22.1. The highest BCUT2D eigenvalue weighted by atomic mass is 79.9. The summed E-state index contributed by atoms with van der Waals surface area (Å²) < 4.78 is 0. The second kappa shape index (κ2) is 5.82. The molecule has 1 aromatic carbocycles. The fourth-order valence-electron chi connectivity index (χ4n) is 1.21. The maximum atomic E-state index is 11.7. The third kappa shape index (κ3) is 3.85. The molecule has 4 nitrogen and oxygen atoms in total. The molecule has 0 aliphatic rings. The Balaban J connectivity index is 2.70. The van der Waals surface area contributed by atoms with E-state index in [4.69, 9.17) is 5.11 Å². The lowest BCUT2D eigenvalue weighted by Gasteiger charge is -2.13. The first-order chi connectivity index (χ1) is 7.91. The van der Waals surface area contributed by atoms with Crippen LogP contribution in [0.1, 0.15) is 24.2 Å². The van der Waals surface area contributed by atoms with E-state index in [0.717, 1.165) is 0 Å². The number of carbonyl (C=O) groups excluding carboxylic acids is 1. The first-order valence-corrected chi connectivity index (χ1v) is 6.11. The third-order valence-corrected chi connectivity index (χ3v) is 3.71. The number of halogens is 1. The quantitative estimate of drug-likeness (QED) is 0.840. The van der Waals surface area contributed by atoms with Gasteiger partial charge < -0.3 is 10.4 Å². The van der Waals surface area contributed by atoms with Gasteiger partial charge in [0.25, 0.3) is 0 Å². The Bertz CT molecular complexity index is 414. The highest BCUT2D eigenvalue weighted by molar-refractivity contribution is 9.10. The molecule has 1 rings (SSSR count). The van der Waals surface area contributed by atoms with E-state index in [-0.39, 0.29) is 22.2 Å². The molecule has 0 aliphatic carbocycles. The van der Waals surface area contributed by atoms with Gasteiger partial charge in [0.05, 0.1) is 10.4 Å². The molecule has 5 heteroatoms. The van der Waals surface area contributed by atoms with Crippen molar-refractivity contribution in [2.24, 2.45) is 5.92 Å². The van der Waals surface area contributed by atoms with Gasteiger partial charge in [0.1, 0.15) is 0 Å². The second-order valence-electron chi connectivity index (χ2n) is 4.02. The number of benzene rings is 1. The number of hydrogen-bond donors (Lipinski definition) is 2. The molecule has 0 aromatic heterocycles. The monoisotopic (exact) mass is 299 g/mol. The molecule has 0 radical (unpaired) electrons. The predicted molar refractivity (Wildman–Crippen MR) is 69.6 cm³/mol. The van der Waals surface area contributed by atoms with Crippen molar-refractivity contribution < 1.29 is 14.7 Å². The van der Waals surface area contributed by atoms with Gasteiger partial charge in [0.15, 0.2) is 0 Å². The minimum atomic E-state index is -0.983. The van der Waals surface area contributed by atoms with Crippen LogP contribution in [0, 0.1) is 5.92 Å². The lowest BCUT2D eigenvalue weighted by atomic mass is 10.1. The third-order valence-electron chi connectivity index (χ3n) is 2.24. The van der Waals surface area contributed by atoms with Crippen molar-refractivity contribution in [3.05, 3.63) is 29.8 Å². The zero-order valence-corrected chi connectivity index (χ0v) is 11.2. The van der Waals surface area contributed by atoms with Gasteiger partial charge in [-0.1, -0.05) is 29.8 Å². The molecule has 0 saturated heterocycles. The highest BCUT2D eigenvalue weighted by Crippen LogP contribution is 2.16. The number of rotatable bonds is 4. The Hall–Kier alpha value is -1.36. The van der Waals surface area contributed by atoms with E-state index in [0.29, 0.717) is 5.69 Å². The second-order valence-corrected chi connectivity index (χ2v) is 5.00. The van der Waals surface area contributed by atoms with Crippen molar-refractivity contribution in [3.8, 4) is 0 Å². The van der Waals surface area contributed by atoms with Gasteiger partial charge in [0.2, 0.25) is 5.91 Å². The van der Waals surface area contributed by atoms with Crippen LogP contribution in [-0.4, -0.2) is 21.8 Å². The number of carbonyl (C=O) groups is 2. The fraction of sp³-hybridized carbons (Fsp3) is 0.333. The minimum absolute atomic E-state index is 0.136. The van der Waals surface area contributed by atoms with Crippen molar-refractivity contribution in [2.75, 3.05) is 5.32 Å². The van der Waals surface area contributed by atoms with E-state index >= 15 is 0 Å². The number of hydrogen-bond acceptors (Lipinski definition) is 2. The Kier molecular flexibility index (Phi) is 4.69. The topological polar surface area (TPSA) is 66.4 Å². The molecule has 1 amide bonds. The lowest BCUT2D eigenvalue weighted by Crippen LogP contribution is -2.26. The van der Waals surface area contributed by atoms with Crippen molar-refractivity contribution in [3.63, 3.8) is 0 Å². The number of amides is 1. The van der Waals surface area contributed by atoms with E-state index in [1.807, 2.05) is 13.8 Å². The molecule has 0 bridgehead atoms. The molecule has 92 valence electrons. The molecular formula is C12H14BrNO3. The molecule has 2 N–H and O–H groups in total. The minimum Gasteiger partial charge on any atom is -0.478 e. The molecule has 0 fully saturated rings. The van der Waals surface area contributed by atoms with Crippen LogP contribution >= 0.6 is 15.9 Å². The van der Waals surface area contributed by atoms with Crippen molar-refractivity contribution in [1.82, 2.24) is 0 Å². The average molecular weight is 300 g/mol. The standard InChI is InChI=1S/C12H14BrNO3/c1-7(2)10(13)11(15)14-9-5-3-8(4-6-9)12(16)17/h3-7,10H,1-2H3,(H,14,15)(H,16,17). The van der Waals surface area contributed by atoms with Gasteiger partial charge in [-0.15, -0.1) is 0 Å². The summed E-state index contributed by atoms with van der Waals surface area (Å²) in [5.41, 5.74) is 0.785. The fourth-order valence-corrected chi connectivity index (χ4v) is 1.32. The van der Waals surface area contributed by atoms with Crippen molar-refractivity contribution >= 4 is 33.5 Å². The van der Waals surface area contributed by atoms with Gasteiger partial charge in [-0.05, 0) is 30.2 Å². The SMILES string of the molecule is CC(C)C(Br)C(=O)Nc1ccc(C(=O)O)cc1. The summed E-state index contributed by atoms with van der Waals surface area (Å²) >= 11 is 3.30. The van der Waals surface area contributed by atoms with E-state index in [9.17, 15) is 9.59 Å². The van der Waals surface area contributed by atoms with E-state index < -0.39 is 5.97 Å². The zero-order valence-electron chi connectivity index (χ0n) is 9.61. The van der Waals surface area contributed by atoms with Crippen molar-refractivity contribution in [1.29, 1.82) is 0 Å². The maximum absolute atomic E-state index is 11.7. The zero-order chi connectivity index (χ0) is 13.0. The van der Waals surface area contributed by atoms with E-state index in [2.05, 4.69) is 21.2 Å². The molecule has 0 heterocycles. The first-order valence-electron chi connectivity index (χ1n) is 5.20. The molecule has 1 atom stereocenters. The average Bonchev–Trinajstić information content (AvgIpc) is 2.28. The molecule has 17 heavy (non-hydrogen) atoms. The summed E-state index contributed by atoms with van der Waals surface area (Å²) in [5, 5.41) is 11.4. The molecule has 0 saturated carbocycles. The van der Waals surface area contributed by atoms with Gasteiger partial charge in [0, 0.05) is 5.69 Å². The van der Waals surface area contributed by atoms with Crippen LogP contribution < -0.4 is 5.32 Å². The number of anilines is 1. The Morgan fingerprint density at radius 3 is 2.18 bits per heavy atom. The molecule has 1 unspecified atom stereocenters. The van der Waals surface area contributed by atoms with E-state index in [1.165, 1.54) is 12.1 Å². The van der Waals surface area contributed by atoms with Gasteiger partial charge >= 0.3 is 5.97 Å². The summed E-state index contributed by atoms with van der Waals surface area (Å²) in [6, 6.07) is 6.05. The number of alkyl halides is 1.